The van der Waals surface area contributed by atoms with Gasteiger partial charge >= 0.3 is 0 Å². The molecule has 0 amide bonds. The zero-order chi connectivity index (χ0) is 10.8. The van der Waals surface area contributed by atoms with Crippen molar-refractivity contribution in [3.05, 3.63) is 29.8 Å². The van der Waals surface area contributed by atoms with Gasteiger partial charge in [-0.3, -0.25) is 0 Å². The lowest BCUT2D eigenvalue weighted by Crippen LogP contribution is -2.38. The molecule has 0 bridgehead atoms. The highest BCUT2D eigenvalue weighted by atomic mass is 19.1. The summed E-state index contributed by atoms with van der Waals surface area (Å²) in [5.74, 6) is 0.0182. The van der Waals surface area contributed by atoms with Crippen molar-refractivity contribution in [2.45, 2.75) is 18.5 Å². The Balaban J connectivity index is 2.17. The molecule has 1 aromatic rings. The van der Waals surface area contributed by atoms with Gasteiger partial charge in [0, 0.05) is 18.2 Å². The van der Waals surface area contributed by atoms with Crippen LogP contribution in [0.2, 0.25) is 0 Å². The van der Waals surface area contributed by atoms with Crippen LogP contribution in [-0.2, 0) is 0 Å². The Morgan fingerprint density at radius 3 is 2.93 bits per heavy atom. The lowest BCUT2D eigenvalue weighted by molar-refractivity contribution is 0.139. The lowest BCUT2D eigenvalue weighted by Gasteiger charge is -2.32. The zero-order valence-electron chi connectivity index (χ0n) is 8.99. The molecule has 1 heterocycles. The Bertz CT molecular complexity index is 340. The number of nitrogens with two attached hydrogens (primary N) is 1. The van der Waals surface area contributed by atoms with E-state index in [1.54, 1.807) is 0 Å². The highest BCUT2D eigenvalue weighted by molar-refractivity contribution is 5.42. The smallest absolute Gasteiger partial charge is 0.120 e. The molecule has 1 aliphatic rings. The van der Waals surface area contributed by atoms with Crippen molar-refractivity contribution in [1.29, 1.82) is 0 Å². The molecule has 0 radical (unpaired) electrons. The molecule has 82 valence electrons. The van der Waals surface area contributed by atoms with Crippen LogP contribution in [-0.4, -0.2) is 31.2 Å². The number of likely N-dealkylation sites (tertiary alicyclic amines) is 1. The van der Waals surface area contributed by atoms with Gasteiger partial charge in [0.25, 0.3) is 0 Å². The molecule has 0 aromatic heterocycles. The SMILES string of the molecule is CN1CCC(c2cccc(N)c2)C(F)C1. The summed E-state index contributed by atoms with van der Waals surface area (Å²) in [4.78, 5) is 2.04. The number of alkyl halides is 1. The molecule has 2 rings (SSSR count). The van der Waals surface area contributed by atoms with Gasteiger partial charge in [0.15, 0.2) is 0 Å². The zero-order valence-corrected chi connectivity index (χ0v) is 8.99. The van der Waals surface area contributed by atoms with E-state index < -0.39 is 6.17 Å². The molecule has 2 atom stereocenters. The summed E-state index contributed by atoms with van der Waals surface area (Å²) in [6.45, 7) is 1.49. The van der Waals surface area contributed by atoms with Crippen molar-refractivity contribution >= 4 is 5.69 Å². The van der Waals surface area contributed by atoms with Gasteiger partial charge in [-0.05, 0) is 37.7 Å². The Hall–Kier alpha value is -1.09. The number of benzene rings is 1. The largest absolute Gasteiger partial charge is 0.399 e. The van der Waals surface area contributed by atoms with Gasteiger partial charge in [0.05, 0.1) is 0 Å². The molecule has 1 aliphatic heterocycles. The minimum atomic E-state index is -0.773. The lowest BCUT2D eigenvalue weighted by atomic mass is 9.88. The van der Waals surface area contributed by atoms with E-state index in [9.17, 15) is 4.39 Å². The van der Waals surface area contributed by atoms with Crippen LogP contribution in [0.1, 0.15) is 17.9 Å². The van der Waals surface area contributed by atoms with Gasteiger partial charge in [-0.2, -0.15) is 0 Å². The first-order valence-electron chi connectivity index (χ1n) is 5.35. The maximum absolute atomic E-state index is 13.8. The summed E-state index contributed by atoms with van der Waals surface area (Å²) >= 11 is 0. The Morgan fingerprint density at radius 1 is 1.47 bits per heavy atom. The van der Waals surface area contributed by atoms with Crippen LogP contribution in [0, 0.1) is 0 Å². The molecular formula is C12H17FN2. The molecule has 1 aromatic carbocycles. The molecule has 1 fully saturated rings. The van der Waals surface area contributed by atoms with Crippen molar-refractivity contribution in [3.63, 3.8) is 0 Å². The van der Waals surface area contributed by atoms with E-state index in [2.05, 4.69) is 0 Å². The van der Waals surface area contributed by atoms with E-state index in [0.717, 1.165) is 24.2 Å². The van der Waals surface area contributed by atoms with E-state index in [4.69, 9.17) is 5.73 Å². The van der Waals surface area contributed by atoms with Crippen LogP contribution in [0.25, 0.3) is 0 Å². The number of piperidine rings is 1. The standard InChI is InChI=1S/C12H17FN2/c1-15-6-5-11(12(13)8-15)9-3-2-4-10(14)7-9/h2-4,7,11-12H,5-6,8,14H2,1H3. The molecular weight excluding hydrogens is 191 g/mol. The summed E-state index contributed by atoms with van der Waals surface area (Å²) in [6, 6.07) is 7.60. The summed E-state index contributed by atoms with van der Waals surface area (Å²) in [7, 11) is 1.96. The second kappa shape index (κ2) is 4.19. The van der Waals surface area contributed by atoms with Crippen molar-refractivity contribution in [2.24, 2.45) is 0 Å². The predicted octanol–water partition coefficient (Wildman–Crippen LogP) is 2.03. The van der Waals surface area contributed by atoms with Crippen molar-refractivity contribution in [1.82, 2.24) is 4.90 Å². The first kappa shape index (κ1) is 10.4. The molecule has 2 unspecified atom stereocenters. The number of rotatable bonds is 1. The molecule has 2 nitrogen and oxygen atoms in total. The molecule has 0 spiro atoms. The molecule has 15 heavy (non-hydrogen) atoms. The number of hydrogen-bond donors (Lipinski definition) is 1. The predicted molar refractivity (Wildman–Crippen MR) is 60.6 cm³/mol. The van der Waals surface area contributed by atoms with Crippen LogP contribution in [0.4, 0.5) is 10.1 Å². The minimum Gasteiger partial charge on any atom is -0.399 e. The topological polar surface area (TPSA) is 29.3 Å². The highest BCUT2D eigenvalue weighted by Gasteiger charge is 2.28. The summed E-state index contributed by atoms with van der Waals surface area (Å²) < 4.78 is 13.8. The minimum absolute atomic E-state index is 0.0182. The van der Waals surface area contributed by atoms with Gasteiger partial charge in [-0.1, -0.05) is 12.1 Å². The number of anilines is 1. The molecule has 0 aliphatic carbocycles. The van der Waals surface area contributed by atoms with Gasteiger partial charge in [-0.15, -0.1) is 0 Å². The number of hydrogen-bond acceptors (Lipinski definition) is 2. The third-order valence-electron chi connectivity index (χ3n) is 3.08. The second-order valence-corrected chi connectivity index (χ2v) is 4.34. The number of halogens is 1. The summed E-state index contributed by atoms with van der Waals surface area (Å²) in [5.41, 5.74) is 7.46. The van der Waals surface area contributed by atoms with Crippen LogP contribution in [0.5, 0.6) is 0 Å². The third-order valence-corrected chi connectivity index (χ3v) is 3.08. The Kier molecular flexibility index (Phi) is 2.91. The Morgan fingerprint density at radius 2 is 2.27 bits per heavy atom. The normalized spacial score (nSPS) is 27.9. The molecule has 1 saturated heterocycles. The maximum atomic E-state index is 13.8. The first-order chi connectivity index (χ1) is 7.16. The second-order valence-electron chi connectivity index (χ2n) is 4.34. The molecule has 0 saturated carbocycles. The Labute approximate surface area is 89.9 Å². The quantitative estimate of drug-likeness (QED) is 0.715. The summed E-state index contributed by atoms with van der Waals surface area (Å²) in [5, 5.41) is 0. The third kappa shape index (κ3) is 2.29. The summed E-state index contributed by atoms with van der Waals surface area (Å²) in [6.07, 6.45) is 0.103. The van der Waals surface area contributed by atoms with E-state index >= 15 is 0 Å². The maximum Gasteiger partial charge on any atom is 0.120 e. The van der Waals surface area contributed by atoms with Crippen LogP contribution < -0.4 is 5.73 Å². The van der Waals surface area contributed by atoms with Crippen molar-refractivity contribution < 1.29 is 4.39 Å². The van der Waals surface area contributed by atoms with Gasteiger partial charge in [-0.25, -0.2) is 4.39 Å². The van der Waals surface area contributed by atoms with E-state index in [-0.39, 0.29) is 5.92 Å². The van der Waals surface area contributed by atoms with Crippen LogP contribution in [0.15, 0.2) is 24.3 Å². The molecule has 3 heteroatoms. The van der Waals surface area contributed by atoms with Gasteiger partial charge in [0.1, 0.15) is 6.17 Å². The average Bonchev–Trinajstić information content (AvgIpc) is 2.17. The van der Waals surface area contributed by atoms with E-state index in [1.807, 2.05) is 36.2 Å². The number of nitrogen functional groups attached to an aromatic ring is 1. The van der Waals surface area contributed by atoms with Gasteiger partial charge < -0.3 is 10.6 Å². The van der Waals surface area contributed by atoms with E-state index in [1.165, 1.54) is 0 Å². The van der Waals surface area contributed by atoms with Crippen molar-refractivity contribution in [3.8, 4) is 0 Å². The fourth-order valence-corrected chi connectivity index (χ4v) is 2.22. The van der Waals surface area contributed by atoms with Crippen molar-refractivity contribution in [2.75, 3.05) is 25.9 Å². The van der Waals surface area contributed by atoms with Gasteiger partial charge in [0.2, 0.25) is 0 Å². The average molecular weight is 208 g/mol. The van der Waals surface area contributed by atoms with E-state index in [0.29, 0.717) is 6.54 Å². The van der Waals surface area contributed by atoms with Crippen LogP contribution >= 0.6 is 0 Å². The monoisotopic (exact) mass is 208 g/mol. The molecule has 2 N–H and O–H groups in total. The highest BCUT2D eigenvalue weighted by Crippen LogP contribution is 2.30. The first-order valence-corrected chi connectivity index (χ1v) is 5.35. The fraction of sp³-hybridized carbons (Fsp3) is 0.500. The number of nitrogens with zero attached hydrogens (tertiary/aromatic N) is 1. The van der Waals surface area contributed by atoms with Crippen LogP contribution in [0.3, 0.4) is 0 Å². The fourth-order valence-electron chi connectivity index (χ4n) is 2.22.